The number of pyridine rings is 1. The Labute approximate surface area is 199 Å². The van der Waals surface area contributed by atoms with Crippen LogP contribution >= 0.6 is 0 Å². The van der Waals surface area contributed by atoms with Crippen molar-refractivity contribution in [3.8, 4) is 11.3 Å². The molecule has 3 heterocycles. The lowest BCUT2D eigenvalue weighted by molar-refractivity contribution is -0.133. The van der Waals surface area contributed by atoms with Crippen LogP contribution in [0, 0.1) is 5.82 Å². The minimum absolute atomic E-state index is 0.0646. The number of hydrogen-bond donors (Lipinski definition) is 0. The van der Waals surface area contributed by atoms with Gasteiger partial charge in [0.1, 0.15) is 12.4 Å². The third-order valence-corrected chi connectivity index (χ3v) is 7.62. The van der Waals surface area contributed by atoms with Gasteiger partial charge in [-0.2, -0.15) is 5.10 Å². The Morgan fingerprint density at radius 2 is 1.76 bits per heavy atom. The molecule has 1 aromatic carbocycles. The summed E-state index contributed by atoms with van der Waals surface area (Å²) in [5, 5.41) is 4.68. The van der Waals surface area contributed by atoms with Crippen LogP contribution in [-0.4, -0.2) is 70.7 Å². The minimum atomic E-state index is -3.26. The quantitative estimate of drug-likeness (QED) is 0.513. The summed E-state index contributed by atoms with van der Waals surface area (Å²) < 4.78 is 40.1. The second-order valence-corrected chi connectivity index (χ2v) is 10.7. The summed E-state index contributed by atoms with van der Waals surface area (Å²) in [6.07, 6.45) is 6.28. The number of sulfonamides is 1. The molecule has 0 unspecified atom stereocenters. The Bertz CT molecular complexity index is 1240. The van der Waals surface area contributed by atoms with Gasteiger partial charge in [-0.1, -0.05) is 12.1 Å². The van der Waals surface area contributed by atoms with Crippen molar-refractivity contribution in [3.63, 3.8) is 0 Å². The second-order valence-electron chi connectivity index (χ2n) is 8.61. The zero-order chi connectivity index (χ0) is 24.3. The Balaban J connectivity index is 1.50. The van der Waals surface area contributed by atoms with Crippen LogP contribution in [0.15, 0.2) is 54.9 Å². The smallest absolute Gasteiger partial charge is 0.244 e. The molecule has 1 amide bonds. The second kappa shape index (κ2) is 10.0. The molecule has 2 aromatic heterocycles. The van der Waals surface area contributed by atoms with Gasteiger partial charge in [-0.15, -0.1) is 0 Å². The van der Waals surface area contributed by atoms with Crippen molar-refractivity contribution in [3.05, 3.63) is 71.9 Å². The molecule has 0 N–H and O–H groups in total. The maximum atomic E-state index is 13.3. The van der Waals surface area contributed by atoms with Crippen LogP contribution in [0.1, 0.15) is 24.1 Å². The molecule has 1 saturated heterocycles. The molecule has 180 valence electrons. The summed E-state index contributed by atoms with van der Waals surface area (Å²) in [7, 11) is -1.68. The maximum Gasteiger partial charge on any atom is 0.244 e. The van der Waals surface area contributed by atoms with E-state index < -0.39 is 10.0 Å². The monoisotopic (exact) mass is 485 g/mol. The van der Waals surface area contributed by atoms with Gasteiger partial charge in [0.05, 0.1) is 11.9 Å². The predicted octanol–water partition coefficient (Wildman–Crippen LogP) is 2.56. The zero-order valence-electron chi connectivity index (χ0n) is 19.3. The average molecular weight is 486 g/mol. The minimum Gasteiger partial charge on any atom is -0.341 e. The third kappa shape index (κ3) is 5.68. The normalized spacial score (nSPS) is 15.1. The number of amides is 1. The van der Waals surface area contributed by atoms with E-state index in [0.717, 1.165) is 22.5 Å². The number of hydrogen-bond acceptors (Lipinski definition) is 5. The van der Waals surface area contributed by atoms with Gasteiger partial charge < -0.3 is 4.90 Å². The Morgan fingerprint density at radius 1 is 1.12 bits per heavy atom. The highest BCUT2D eigenvalue weighted by Crippen LogP contribution is 2.22. The number of likely N-dealkylation sites (tertiary alicyclic amines) is 1. The summed E-state index contributed by atoms with van der Waals surface area (Å²) in [5.74, 6) is -0.361. The van der Waals surface area contributed by atoms with Gasteiger partial charge in [-0.25, -0.2) is 17.1 Å². The molecule has 1 aliphatic rings. The van der Waals surface area contributed by atoms with Crippen LogP contribution in [0.25, 0.3) is 11.3 Å². The highest BCUT2D eigenvalue weighted by atomic mass is 32.2. The number of benzene rings is 1. The first-order valence-electron chi connectivity index (χ1n) is 11.1. The molecular weight excluding hydrogens is 457 g/mol. The number of halogens is 1. The van der Waals surface area contributed by atoms with Gasteiger partial charge in [-0.3, -0.25) is 14.5 Å². The lowest BCUT2D eigenvalue weighted by atomic mass is 10.1. The molecule has 1 fully saturated rings. The third-order valence-electron chi connectivity index (χ3n) is 6.28. The lowest BCUT2D eigenvalue weighted by Gasteiger charge is -2.35. The van der Waals surface area contributed by atoms with Crippen molar-refractivity contribution in [2.75, 3.05) is 26.4 Å². The number of nitrogens with zero attached hydrogens (tertiary/aromatic N) is 5. The molecule has 0 spiro atoms. The summed E-state index contributed by atoms with van der Waals surface area (Å²) in [6, 6.07) is 11.9. The van der Waals surface area contributed by atoms with E-state index in [4.69, 9.17) is 0 Å². The van der Waals surface area contributed by atoms with Crippen molar-refractivity contribution in [2.24, 2.45) is 0 Å². The molecular formula is C24H28FN5O3S. The van der Waals surface area contributed by atoms with E-state index in [1.807, 2.05) is 18.2 Å². The SMILES string of the molecule is CN(C1CCN(C(=O)Cn2nc(-c3ccncc3)cc2Cc2ccc(F)cc2)CC1)S(C)(=O)=O. The fourth-order valence-corrected chi connectivity index (χ4v) is 4.94. The fraction of sp³-hybridized carbons (Fsp3) is 0.375. The van der Waals surface area contributed by atoms with Gasteiger partial charge in [-0.05, 0) is 48.7 Å². The number of rotatable bonds is 7. The molecule has 0 radical (unpaired) electrons. The maximum absolute atomic E-state index is 13.3. The Hall–Kier alpha value is -3.11. The standard InChI is InChI=1S/C24H28FN5O3S/c1-28(34(2,32)33)21-9-13-29(14-10-21)24(31)17-30-22(15-18-3-5-20(25)6-4-18)16-23(27-30)19-7-11-26-12-8-19/h3-8,11-12,16,21H,9-10,13-15,17H2,1-2H3. The molecule has 8 nitrogen and oxygen atoms in total. The first-order valence-corrected chi connectivity index (χ1v) is 13.0. The molecule has 10 heteroatoms. The molecule has 0 bridgehead atoms. The van der Waals surface area contributed by atoms with E-state index in [-0.39, 0.29) is 24.3 Å². The number of carbonyl (C=O) groups excluding carboxylic acids is 1. The largest absolute Gasteiger partial charge is 0.341 e. The van der Waals surface area contributed by atoms with E-state index in [9.17, 15) is 17.6 Å². The topological polar surface area (TPSA) is 88.4 Å². The van der Waals surface area contributed by atoms with Crippen molar-refractivity contribution >= 4 is 15.9 Å². The fourth-order valence-electron chi connectivity index (χ4n) is 4.19. The molecule has 0 atom stereocenters. The summed E-state index contributed by atoms with van der Waals surface area (Å²) in [5.41, 5.74) is 3.39. The van der Waals surface area contributed by atoms with Gasteiger partial charge in [0.15, 0.2) is 0 Å². The van der Waals surface area contributed by atoms with Gasteiger partial charge in [0.25, 0.3) is 0 Å². The Morgan fingerprint density at radius 3 is 2.38 bits per heavy atom. The van der Waals surface area contributed by atoms with E-state index in [1.54, 1.807) is 41.2 Å². The van der Waals surface area contributed by atoms with E-state index in [2.05, 4.69) is 10.1 Å². The highest BCUT2D eigenvalue weighted by molar-refractivity contribution is 7.88. The summed E-state index contributed by atoms with van der Waals surface area (Å²) in [6.45, 7) is 1.07. The molecule has 0 saturated carbocycles. The van der Waals surface area contributed by atoms with Gasteiger partial charge >= 0.3 is 0 Å². The van der Waals surface area contributed by atoms with Crippen LogP contribution in [0.4, 0.5) is 4.39 Å². The first-order chi connectivity index (χ1) is 16.2. The number of carbonyl (C=O) groups is 1. The zero-order valence-corrected chi connectivity index (χ0v) is 20.1. The molecule has 3 aromatic rings. The predicted molar refractivity (Wildman–Crippen MR) is 127 cm³/mol. The van der Waals surface area contributed by atoms with Gasteiger partial charge in [0.2, 0.25) is 15.9 Å². The van der Waals surface area contributed by atoms with Crippen LogP contribution < -0.4 is 0 Å². The molecule has 4 rings (SSSR count). The van der Waals surface area contributed by atoms with E-state index >= 15 is 0 Å². The summed E-state index contributed by atoms with van der Waals surface area (Å²) in [4.78, 5) is 18.9. The van der Waals surface area contributed by atoms with Crippen LogP contribution in [0.3, 0.4) is 0 Å². The van der Waals surface area contributed by atoms with E-state index in [0.29, 0.717) is 32.4 Å². The van der Waals surface area contributed by atoms with Crippen LogP contribution in [-0.2, 0) is 27.8 Å². The van der Waals surface area contributed by atoms with Crippen molar-refractivity contribution in [1.82, 2.24) is 24.0 Å². The molecule has 34 heavy (non-hydrogen) atoms. The highest BCUT2D eigenvalue weighted by Gasteiger charge is 2.29. The molecule has 1 aliphatic heterocycles. The first kappa shape index (κ1) is 24.0. The average Bonchev–Trinajstić information content (AvgIpc) is 3.22. The van der Waals surface area contributed by atoms with Crippen LogP contribution in [0.5, 0.6) is 0 Å². The Kier molecular flexibility index (Phi) is 7.08. The van der Waals surface area contributed by atoms with Gasteiger partial charge in [0, 0.05) is 56.3 Å². The van der Waals surface area contributed by atoms with Crippen molar-refractivity contribution in [1.29, 1.82) is 0 Å². The number of aromatic nitrogens is 3. The van der Waals surface area contributed by atoms with Crippen LogP contribution in [0.2, 0.25) is 0 Å². The summed E-state index contributed by atoms with van der Waals surface area (Å²) >= 11 is 0. The van der Waals surface area contributed by atoms with Crippen molar-refractivity contribution in [2.45, 2.75) is 31.8 Å². The number of piperidine rings is 1. The molecule has 0 aliphatic carbocycles. The van der Waals surface area contributed by atoms with E-state index in [1.165, 1.54) is 22.7 Å². The van der Waals surface area contributed by atoms with Crippen molar-refractivity contribution < 1.29 is 17.6 Å². The lowest BCUT2D eigenvalue weighted by Crippen LogP contribution is -2.47.